The third-order valence-electron chi connectivity index (χ3n) is 4.27. The topological polar surface area (TPSA) is 72.4 Å². The molecule has 1 fully saturated rings. The SMILES string of the molecule is CC(C)(C)OC(=O)N1CCC[C@H](C[S@](=O)c2nc3ccccc3nc2Cl)C1. The number of fused-ring (bicyclic) bond motifs is 1. The molecule has 0 bridgehead atoms. The van der Waals surface area contributed by atoms with Gasteiger partial charge in [0.05, 0.1) is 21.8 Å². The first kappa shape index (κ1) is 20.0. The fraction of sp³-hybridized carbons (Fsp3) is 0.526. The molecule has 1 aliphatic heterocycles. The minimum absolute atomic E-state index is 0.108. The Morgan fingerprint density at radius 2 is 1.96 bits per heavy atom. The molecular formula is C19H24ClN3O3S. The fourth-order valence-corrected chi connectivity index (χ4v) is 4.78. The van der Waals surface area contributed by atoms with E-state index in [1.807, 2.05) is 45.0 Å². The van der Waals surface area contributed by atoms with Gasteiger partial charge < -0.3 is 9.64 Å². The van der Waals surface area contributed by atoms with Crippen LogP contribution in [0.3, 0.4) is 0 Å². The highest BCUT2D eigenvalue weighted by Gasteiger charge is 2.29. The van der Waals surface area contributed by atoms with Crippen molar-refractivity contribution >= 4 is 39.5 Å². The number of para-hydroxylation sites is 2. The number of aromatic nitrogens is 2. The summed E-state index contributed by atoms with van der Waals surface area (Å²) in [6.07, 6.45) is 1.45. The molecule has 0 radical (unpaired) electrons. The van der Waals surface area contributed by atoms with Gasteiger partial charge in [0.25, 0.3) is 0 Å². The standard InChI is InChI=1S/C19H24ClN3O3S/c1-19(2,3)26-18(24)23-10-6-7-13(11-23)12-27(25)17-16(20)21-14-8-4-5-9-15(14)22-17/h4-5,8-9,13H,6-7,10-12H2,1-3H3/t13-,27-/m0/s1. The molecular weight excluding hydrogens is 386 g/mol. The summed E-state index contributed by atoms with van der Waals surface area (Å²) in [5.74, 6) is 0.503. The molecule has 0 unspecified atom stereocenters. The van der Waals surface area contributed by atoms with Gasteiger partial charge in [-0.1, -0.05) is 23.7 Å². The summed E-state index contributed by atoms with van der Waals surface area (Å²) in [5.41, 5.74) is 0.822. The summed E-state index contributed by atoms with van der Waals surface area (Å²) >= 11 is 6.22. The number of hydrogen-bond acceptors (Lipinski definition) is 5. The second kappa shape index (κ2) is 8.10. The molecule has 2 heterocycles. The number of rotatable bonds is 3. The van der Waals surface area contributed by atoms with Gasteiger partial charge in [-0.25, -0.2) is 14.8 Å². The number of piperidine rings is 1. The van der Waals surface area contributed by atoms with Gasteiger partial charge in [-0.2, -0.15) is 0 Å². The van der Waals surface area contributed by atoms with E-state index in [1.54, 1.807) is 4.90 Å². The zero-order valence-corrected chi connectivity index (χ0v) is 17.3. The zero-order valence-electron chi connectivity index (χ0n) is 15.8. The minimum Gasteiger partial charge on any atom is -0.444 e. The van der Waals surface area contributed by atoms with Crippen molar-refractivity contribution in [3.63, 3.8) is 0 Å². The maximum absolute atomic E-state index is 12.9. The Hall–Kier alpha value is -1.73. The van der Waals surface area contributed by atoms with E-state index in [0.29, 0.717) is 34.9 Å². The Balaban J connectivity index is 1.69. The number of halogens is 1. The molecule has 8 heteroatoms. The van der Waals surface area contributed by atoms with E-state index in [4.69, 9.17) is 16.3 Å². The van der Waals surface area contributed by atoms with E-state index in [1.165, 1.54) is 0 Å². The van der Waals surface area contributed by atoms with Crippen LogP contribution in [0.4, 0.5) is 4.79 Å². The molecule has 27 heavy (non-hydrogen) atoms. The molecule has 1 aromatic carbocycles. The van der Waals surface area contributed by atoms with Crippen molar-refractivity contribution in [2.75, 3.05) is 18.8 Å². The van der Waals surface area contributed by atoms with Gasteiger partial charge in [-0.15, -0.1) is 0 Å². The molecule has 2 atom stereocenters. The Labute approximate surface area is 166 Å². The molecule has 2 aromatic rings. The number of carbonyl (C=O) groups excluding carboxylic acids is 1. The number of carbonyl (C=O) groups is 1. The summed E-state index contributed by atoms with van der Waals surface area (Å²) in [6, 6.07) is 7.36. The second-order valence-corrected chi connectivity index (χ2v) is 9.52. The van der Waals surface area contributed by atoms with E-state index in [2.05, 4.69) is 9.97 Å². The van der Waals surface area contributed by atoms with Crippen LogP contribution in [0.1, 0.15) is 33.6 Å². The van der Waals surface area contributed by atoms with Crippen molar-refractivity contribution in [3.8, 4) is 0 Å². The summed E-state index contributed by atoms with van der Waals surface area (Å²) in [7, 11) is -1.38. The van der Waals surface area contributed by atoms with E-state index in [9.17, 15) is 9.00 Å². The quantitative estimate of drug-likeness (QED) is 0.764. The second-order valence-electron chi connectivity index (χ2n) is 7.76. The third-order valence-corrected chi connectivity index (χ3v) is 6.14. The Morgan fingerprint density at radius 3 is 2.63 bits per heavy atom. The molecule has 1 saturated heterocycles. The normalized spacial score (nSPS) is 19.1. The van der Waals surface area contributed by atoms with E-state index in [-0.39, 0.29) is 17.2 Å². The molecule has 3 rings (SSSR count). The van der Waals surface area contributed by atoms with Gasteiger partial charge >= 0.3 is 6.09 Å². The molecule has 1 aliphatic rings. The van der Waals surface area contributed by atoms with Crippen LogP contribution >= 0.6 is 11.6 Å². The lowest BCUT2D eigenvalue weighted by Gasteiger charge is -2.33. The minimum atomic E-state index is -1.38. The van der Waals surface area contributed by atoms with Gasteiger partial charge in [-0.3, -0.25) is 4.21 Å². The van der Waals surface area contributed by atoms with Crippen LogP contribution in [-0.4, -0.2) is 49.6 Å². The average molecular weight is 410 g/mol. The highest BCUT2D eigenvalue weighted by molar-refractivity contribution is 7.85. The molecule has 6 nitrogen and oxygen atoms in total. The first-order valence-corrected chi connectivity index (χ1v) is 10.7. The third kappa shape index (κ3) is 5.17. The predicted octanol–water partition coefficient (Wildman–Crippen LogP) is 4.04. The van der Waals surface area contributed by atoms with Crippen molar-refractivity contribution in [3.05, 3.63) is 29.4 Å². The molecule has 0 N–H and O–H groups in total. The number of nitrogens with zero attached hydrogens (tertiary/aromatic N) is 3. The lowest BCUT2D eigenvalue weighted by Crippen LogP contribution is -2.44. The van der Waals surface area contributed by atoms with Crippen molar-refractivity contribution in [2.45, 2.75) is 44.2 Å². The van der Waals surface area contributed by atoms with Gasteiger partial charge in [0.15, 0.2) is 10.2 Å². The number of likely N-dealkylation sites (tertiary alicyclic amines) is 1. The zero-order chi connectivity index (χ0) is 19.6. The first-order chi connectivity index (χ1) is 12.7. The van der Waals surface area contributed by atoms with E-state index < -0.39 is 16.4 Å². The molecule has 0 aliphatic carbocycles. The summed E-state index contributed by atoms with van der Waals surface area (Å²) in [4.78, 5) is 22.7. The van der Waals surface area contributed by atoms with Gasteiger partial charge in [0, 0.05) is 18.8 Å². The van der Waals surface area contributed by atoms with Crippen LogP contribution in [-0.2, 0) is 15.5 Å². The summed E-state index contributed by atoms with van der Waals surface area (Å²) in [5, 5.41) is 0.483. The van der Waals surface area contributed by atoms with E-state index >= 15 is 0 Å². The van der Waals surface area contributed by atoms with Gasteiger partial charge in [0.1, 0.15) is 5.60 Å². The fourth-order valence-electron chi connectivity index (χ4n) is 3.09. The number of amides is 1. The monoisotopic (exact) mass is 409 g/mol. The van der Waals surface area contributed by atoms with Crippen molar-refractivity contribution in [1.29, 1.82) is 0 Å². The van der Waals surface area contributed by atoms with Crippen LogP contribution in [0.5, 0.6) is 0 Å². The molecule has 1 aromatic heterocycles. The summed E-state index contributed by atoms with van der Waals surface area (Å²) in [6.45, 7) is 6.74. The molecule has 1 amide bonds. The van der Waals surface area contributed by atoms with Gasteiger partial charge in [0.2, 0.25) is 0 Å². The highest BCUT2D eigenvalue weighted by Crippen LogP contribution is 2.24. The average Bonchev–Trinajstić information content (AvgIpc) is 2.60. The smallest absolute Gasteiger partial charge is 0.410 e. The Kier molecular flexibility index (Phi) is 6.01. The maximum Gasteiger partial charge on any atom is 0.410 e. The lowest BCUT2D eigenvalue weighted by atomic mass is 10.0. The first-order valence-electron chi connectivity index (χ1n) is 9.01. The Bertz CT molecular complexity index is 869. The van der Waals surface area contributed by atoms with Crippen LogP contribution in [0.2, 0.25) is 5.15 Å². The molecule has 0 spiro atoms. The molecule has 146 valence electrons. The maximum atomic E-state index is 12.9. The van der Waals surface area contributed by atoms with Crippen LogP contribution in [0, 0.1) is 5.92 Å². The summed E-state index contributed by atoms with van der Waals surface area (Å²) < 4.78 is 18.3. The predicted molar refractivity (Wildman–Crippen MR) is 106 cm³/mol. The van der Waals surface area contributed by atoms with Crippen molar-refractivity contribution < 1.29 is 13.7 Å². The van der Waals surface area contributed by atoms with Crippen LogP contribution in [0.15, 0.2) is 29.3 Å². The largest absolute Gasteiger partial charge is 0.444 e. The highest BCUT2D eigenvalue weighted by atomic mass is 35.5. The number of ether oxygens (including phenoxy) is 1. The Morgan fingerprint density at radius 1 is 1.30 bits per heavy atom. The van der Waals surface area contributed by atoms with Crippen molar-refractivity contribution in [2.24, 2.45) is 5.92 Å². The van der Waals surface area contributed by atoms with Crippen LogP contribution < -0.4 is 0 Å². The number of hydrogen-bond donors (Lipinski definition) is 0. The number of benzene rings is 1. The van der Waals surface area contributed by atoms with Crippen molar-refractivity contribution in [1.82, 2.24) is 14.9 Å². The lowest BCUT2D eigenvalue weighted by molar-refractivity contribution is 0.0176. The van der Waals surface area contributed by atoms with E-state index in [0.717, 1.165) is 12.8 Å². The molecule has 0 saturated carbocycles. The van der Waals surface area contributed by atoms with Crippen LogP contribution in [0.25, 0.3) is 11.0 Å². The van der Waals surface area contributed by atoms with Gasteiger partial charge in [-0.05, 0) is 51.7 Å².